The van der Waals surface area contributed by atoms with Crippen molar-refractivity contribution in [1.82, 2.24) is 10.6 Å². The number of hydrogen-bond donors (Lipinski definition) is 3. The Bertz CT molecular complexity index is 217. The lowest BCUT2D eigenvalue weighted by Gasteiger charge is -2.13. The second-order valence-electron chi connectivity index (χ2n) is 3.70. The van der Waals surface area contributed by atoms with Gasteiger partial charge in [-0.25, -0.2) is 0 Å². The van der Waals surface area contributed by atoms with Gasteiger partial charge in [0.1, 0.15) is 6.04 Å². The fourth-order valence-electron chi connectivity index (χ4n) is 1.04. The van der Waals surface area contributed by atoms with Crippen molar-refractivity contribution in [3.63, 3.8) is 0 Å². The Balaban J connectivity index is 3.61. The minimum absolute atomic E-state index is 0.0137. The molecule has 1 amide bonds. The molecular weight excluding hydrogens is 196 g/mol. The molecule has 0 aliphatic heterocycles. The molecule has 0 aromatic rings. The molecule has 0 radical (unpaired) electrons. The summed E-state index contributed by atoms with van der Waals surface area (Å²) in [6.45, 7) is 6.37. The third-order valence-electron chi connectivity index (χ3n) is 2.05. The van der Waals surface area contributed by atoms with Gasteiger partial charge < -0.3 is 15.7 Å². The van der Waals surface area contributed by atoms with Gasteiger partial charge in [0.05, 0.1) is 0 Å². The Hall–Kier alpha value is -1.10. The van der Waals surface area contributed by atoms with Crippen molar-refractivity contribution in [2.75, 3.05) is 13.1 Å². The van der Waals surface area contributed by atoms with Crippen molar-refractivity contribution in [2.45, 2.75) is 33.2 Å². The van der Waals surface area contributed by atoms with Gasteiger partial charge in [-0.05, 0) is 6.42 Å². The molecular formula is C10H20N2O3. The zero-order valence-electron chi connectivity index (χ0n) is 9.54. The second kappa shape index (κ2) is 7.23. The van der Waals surface area contributed by atoms with E-state index in [-0.39, 0.29) is 11.8 Å². The number of amides is 1. The van der Waals surface area contributed by atoms with Crippen LogP contribution in [0.4, 0.5) is 0 Å². The van der Waals surface area contributed by atoms with Gasteiger partial charge in [-0.1, -0.05) is 20.8 Å². The molecule has 1 atom stereocenters. The van der Waals surface area contributed by atoms with E-state index in [0.717, 1.165) is 0 Å². The highest BCUT2D eigenvalue weighted by molar-refractivity contribution is 5.77. The molecule has 5 nitrogen and oxygen atoms in total. The molecule has 0 heterocycles. The summed E-state index contributed by atoms with van der Waals surface area (Å²) in [5.41, 5.74) is 0. The van der Waals surface area contributed by atoms with Crippen molar-refractivity contribution in [3.8, 4) is 0 Å². The van der Waals surface area contributed by atoms with E-state index in [1.165, 1.54) is 0 Å². The molecule has 1 unspecified atom stereocenters. The minimum Gasteiger partial charge on any atom is -0.480 e. The fraction of sp³-hybridized carbons (Fsp3) is 0.800. The third-order valence-corrected chi connectivity index (χ3v) is 2.05. The Morgan fingerprint density at radius 3 is 2.27 bits per heavy atom. The van der Waals surface area contributed by atoms with Crippen LogP contribution >= 0.6 is 0 Å². The number of carboxylic acid groups (broad SMARTS) is 1. The highest BCUT2D eigenvalue weighted by Gasteiger charge is 2.13. The maximum Gasteiger partial charge on any atom is 0.320 e. The number of rotatable bonds is 7. The first-order valence-electron chi connectivity index (χ1n) is 5.23. The van der Waals surface area contributed by atoms with E-state index in [9.17, 15) is 9.59 Å². The average molecular weight is 216 g/mol. The summed E-state index contributed by atoms with van der Waals surface area (Å²) in [6, 6.07) is -0.527. The van der Waals surface area contributed by atoms with Crippen molar-refractivity contribution in [3.05, 3.63) is 0 Å². The van der Waals surface area contributed by atoms with Crippen LogP contribution in [0.3, 0.4) is 0 Å². The van der Waals surface area contributed by atoms with Gasteiger partial charge in [0.15, 0.2) is 0 Å². The van der Waals surface area contributed by atoms with Crippen LogP contribution < -0.4 is 10.6 Å². The molecule has 0 aliphatic carbocycles. The topological polar surface area (TPSA) is 78.4 Å². The predicted molar refractivity (Wildman–Crippen MR) is 57.6 cm³/mol. The molecule has 0 rings (SSSR count). The van der Waals surface area contributed by atoms with Crippen LogP contribution in [0.1, 0.15) is 27.2 Å². The lowest BCUT2D eigenvalue weighted by atomic mass is 10.2. The molecule has 15 heavy (non-hydrogen) atoms. The smallest absolute Gasteiger partial charge is 0.320 e. The summed E-state index contributed by atoms with van der Waals surface area (Å²) >= 11 is 0. The number of hydrogen-bond acceptors (Lipinski definition) is 3. The maximum atomic E-state index is 11.1. The van der Waals surface area contributed by atoms with Crippen LogP contribution in [0.5, 0.6) is 0 Å². The first kappa shape index (κ1) is 13.9. The third kappa shape index (κ3) is 6.06. The lowest BCUT2D eigenvalue weighted by Crippen LogP contribution is -2.41. The van der Waals surface area contributed by atoms with E-state index in [1.54, 1.807) is 6.92 Å². The average Bonchev–Trinajstić information content (AvgIpc) is 2.16. The first-order valence-corrected chi connectivity index (χ1v) is 5.23. The molecule has 0 saturated heterocycles. The van der Waals surface area contributed by atoms with Crippen molar-refractivity contribution in [1.29, 1.82) is 0 Å². The predicted octanol–water partition coefficient (Wildman–Crippen LogP) is 0.211. The summed E-state index contributed by atoms with van der Waals surface area (Å²) in [5.74, 6) is -0.903. The lowest BCUT2D eigenvalue weighted by molar-refractivity contribution is -0.139. The molecule has 88 valence electrons. The van der Waals surface area contributed by atoms with E-state index < -0.39 is 12.0 Å². The molecule has 0 aromatic heterocycles. The zero-order valence-corrected chi connectivity index (χ0v) is 9.54. The Morgan fingerprint density at radius 1 is 1.27 bits per heavy atom. The monoisotopic (exact) mass is 216 g/mol. The van der Waals surface area contributed by atoms with Gasteiger partial charge in [-0.3, -0.25) is 9.59 Å². The number of carbonyl (C=O) groups is 2. The van der Waals surface area contributed by atoms with Gasteiger partial charge in [-0.2, -0.15) is 0 Å². The maximum absolute atomic E-state index is 11.1. The fourth-order valence-corrected chi connectivity index (χ4v) is 1.04. The Morgan fingerprint density at radius 2 is 1.87 bits per heavy atom. The normalized spacial score (nSPS) is 12.5. The van der Waals surface area contributed by atoms with Crippen LogP contribution in [0.15, 0.2) is 0 Å². The summed E-state index contributed by atoms with van der Waals surface area (Å²) in [5, 5.41) is 14.3. The second-order valence-corrected chi connectivity index (χ2v) is 3.70. The number of aliphatic carboxylic acids is 1. The van der Waals surface area contributed by atoms with Crippen molar-refractivity contribution >= 4 is 11.9 Å². The number of carboxylic acids is 1. The highest BCUT2D eigenvalue weighted by Crippen LogP contribution is 1.91. The van der Waals surface area contributed by atoms with E-state index >= 15 is 0 Å². The van der Waals surface area contributed by atoms with Gasteiger partial charge in [0, 0.05) is 19.0 Å². The summed E-state index contributed by atoms with van der Waals surface area (Å²) in [6.07, 6.45) is 0.535. The van der Waals surface area contributed by atoms with Gasteiger partial charge in [-0.15, -0.1) is 0 Å². The van der Waals surface area contributed by atoms with Crippen LogP contribution in [0.25, 0.3) is 0 Å². The minimum atomic E-state index is -0.854. The Kier molecular flexibility index (Phi) is 6.70. The zero-order chi connectivity index (χ0) is 11.8. The van der Waals surface area contributed by atoms with E-state index in [1.807, 2.05) is 13.8 Å². The van der Waals surface area contributed by atoms with E-state index in [0.29, 0.717) is 19.5 Å². The number of nitrogens with one attached hydrogen (secondary N) is 2. The van der Waals surface area contributed by atoms with Gasteiger partial charge in [0.25, 0.3) is 0 Å². The molecule has 0 fully saturated rings. The van der Waals surface area contributed by atoms with E-state index in [2.05, 4.69) is 10.6 Å². The quantitative estimate of drug-likeness (QED) is 0.532. The molecule has 0 aromatic carbocycles. The van der Waals surface area contributed by atoms with Crippen molar-refractivity contribution < 1.29 is 14.7 Å². The summed E-state index contributed by atoms with van der Waals surface area (Å²) < 4.78 is 0. The van der Waals surface area contributed by atoms with Crippen LogP contribution in [-0.4, -0.2) is 36.1 Å². The van der Waals surface area contributed by atoms with Crippen LogP contribution in [-0.2, 0) is 9.59 Å². The van der Waals surface area contributed by atoms with Crippen molar-refractivity contribution in [2.24, 2.45) is 5.92 Å². The molecule has 0 saturated carbocycles. The molecule has 0 spiro atoms. The molecule has 5 heteroatoms. The molecule has 3 N–H and O–H groups in total. The SMILES string of the molecule is CCC(NCCNC(=O)C(C)C)C(=O)O. The van der Waals surface area contributed by atoms with Crippen LogP contribution in [0, 0.1) is 5.92 Å². The highest BCUT2D eigenvalue weighted by atomic mass is 16.4. The van der Waals surface area contributed by atoms with Gasteiger partial charge >= 0.3 is 5.97 Å². The summed E-state index contributed by atoms with van der Waals surface area (Å²) in [4.78, 5) is 21.8. The summed E-state index contributed by atoms with van der Waals surface area (Å²) in [7, 11) is 0. The Labute approximate surface area is 90.2 Å². The van der Waals surface area contributed by atoms with Crippen LogP contribution in [0.2, 0.25) is 0 Å². The largest absolute Gasteiger partial charge is 0.480 e. The standard InChI is InChI=1S/C10H20N2O3/c1-4-8(10(14)15)11-5-6-12-9(13)7(2)3/h7-8,11H,4-6H2,1-3H3,(H,12,13)(H,14,15). The first-order chi connectivity index (χ1) is 6.99. The van der Waals surface area contributed by atoms with Gasteiger partial charge in [0.2, 0.25) is 5.91 Å². The molecule has 0 bridgehead atoms. The molecule has 0 aliphatic rings. The van der Waals surface area contributed by atoms with E-state index in [4.69, 9.17) is 5.11 Å². The number of carbonyl (C=O) groups excluding carboxylic acids is 1.